The molecule has 110 valence electrons. The molecule has 0 aromatic carbocycles. The molecule has 2 unspecified atom stereocenters. The standard InChI is InChI=1S/C14H28N4O/c1-6-7-13(19-5)12(15-4)8-14-16-10-17-18(14)9-11(2)3/h10-13,15H,6-9H2,1-5H3. The molecular weight excluding hydrogens is 240 g/mol. The Hall–Kier alpha value is -0.940. The van der Waals surface area contributed by atoms with Gasteiger partial charge in [-0.3, -0.25) is 0 Å². The Morgan fingerprint density at radius 3 is 2.68 bits per heavy atom. The Bertz CT molecular complexity index is 351. The van der Waals surface area contributed by atoms with Gasteiger partial charge in [0.15, 0.2) is 0 Å². The molecular formula is C14H28N4O. The van der Waals surface area contributed by atoms with E-state index in [0.29, 0.717) is 5.92 Å². The topological polar surface area (TPSA) is 52.0 Å². The second-order valence-corrected chi connectivity index (χ2v) is 5.41. The summed E-state index contributed by atoms with van der Waals surface area (Å²) >= 11 is 0. The number of likely N-dealkylation sites (N-methyl/N-ethyl adjacent to an activating group) is 1. The maximum absolute atomic E-state index is 5.59. The minimum atomic E-state index is 0.221. The minimum Gasteiger partial charge on any atom is -0.380 e. The van der Waals surface area contributed by atoms with Crippen molar-refractivity contribution in [1.82, 2.24) is 20.1 Å². The van der Waals surface area contributed by atoms with Gasteiger partial charge in [0.25, 0.3) is 0 Å². The highest BCUT2D eigenvalue weighted by molar-refractivity contribution is 4.92. The second kappa shape index (κ2) is 8.27. The Balaban J connectivity index is 2.72. The summed E-state index contributed by atoms with van der Waals surface area (Å²) in [5, 5.41) is 7.66. The Labute approximate surface area is 116 Å². The Morgan fingerprint density at radius 2 is 2.16 bits per heavy atom. The lowest BCUT2D eigenvalue weighted by atomic mass is 10.0. The predicted octanol–water partition coefficient (Wildman–Crippen LogP) is 1.88. The third-order valence-corrected chi connectivity index (χ3v) is 3.33. The molecule has 0 saturated heterocycles. The molecule has 0 fully saturated rings. The largest absolute Gasteiger partial charge is 0.380 e. The predicted molar refractivity (Wildman–Crippen MR) is 77.1 cm³/mol. The van der Waals surface area contributed by atoms with E-state index in [1.54, 1.807) is 13.4 Å². The maximum atomic E-state index is 5.59. The molecule has 0 aliphatic carbocycles. The van der Waals surface area contributed by atoms with Crippen molar-refractivity contribution in [3.63, 3.8) is 0 Å². The molecule has 5 nitrogen and oxygen atoms in total. The van der Waals surface area contributed by atoms with Gasteiger partial charge >= 0.3 is 0 Å². The summed E-state index contributed by atoms with van der Waals surface area (Å²) in [5.41, 5.74) is 0. The summed E-state index contributed by atoms with van der Waals surface area (Å²) in [7, 11) is 3.76. The SMILES string of the molecule is CCCC(OC)C(Cc1ncnn1CC(C)C)NC. The van der Waals surface area contributed by atoms with Crippen LogP contribution in [0.3, 0.4) is 0 Å². The summed E-state index contributed by atoms with van der Waals surface area (Å²) in [6, 6.07) is 0.278. The quantitative estimate of drug-likeness (QED) is 0.743. The van der Waals surface area contributed by atoms with E-state index in [9.17, 15) is 0 Å². The van der Waals surface area contributed by atoms with E-state index in [0.717, 1.165) is 31.6 Å². The van der Waals surface area contributed by atoms with Crippen LogP contribution in [0.15, 0.2) is 6.33 Å². The zero-order chi connectivity index (χ0) is 14.3. The highest BCUT2D eigenvalue weighted by atomic mass is 16.5. The fourth-order valence-electron chi connectivity index (χ4n) is 2.33. The van der Waals surface area contributed by atoms with Crippen LogP contribution < -0.4 is 5.32 Å². The van der Waals surface area contributed by atoms with Crippen LogP contribution in [0.1, 0.15) is 39.4 Å². The Morgan fingerprint density at radius 1 is 1.42 bits per heavy atom. The molecule has 5 heteroatoms. The van der Waals surface area contributed by atoms with Crippen molar-refractivity contribution in [2.24, 2.45) is 5.92 Å². The third kappa shape index (κ3) is 4.91. The van der Waals surface area contributed by atoms with E-state index in [-0.39, 0.29) is 12.1 Å². The highest BCUT2D eigenvalue weighted by Gasteiger charge is 2.21. The van der Waals surface area contributed by atoms with Crippen LogP contribution >= 0.6 is 0 Å². The monoisotopic (exact) mass is 268 g/mol. The average molecular weight is 268 g/mol. The van der Waals surface area contributed by atoms with Crippen LogP contribution in [0.2, 0.25) is 0 Å². The number of ether oxygens (including phenoxy) is 1. The van der Waals surface area contributed by atoms with E-state index < -0.39 is 0 Å². The summed E-state index contributed by atoms with van der Waals surface area (Å²) in [6.45, 7) is 7.48. The minimum absolute atomic E-state index is 0.221. The maximum Gasteiger partial charge on any atom is 0.138 e. The summed E-state index contributed by atoms with van der Waals surface area (Å²) in [6.07, 6.45) is 4.89. The van der Waals surface area contributed by atoms with Crippen LogP contribution in [-0.2, 0) is 17.7 Å². The number of rotatable bonds is 9. The third-order valence-electron chi connectivity index (χ3n) is 3.33. The fraction of sp³-hybridized carbons (Fsp3) is 0.857. The number of aromatic nitrogens is 3. The fourth-order valence-corrected chi connectivity index (χ4v) is 2.33. The first-order valence-electron chi connectivity index (χ1n) is 7.19. The zero-order valence-electron chi connectivity index (χ0n) is 12.9. The van der Waals surface area contributed by atoms with Gasteiger partial charge in [-0.05, 0) is 19.4 Å². The summed E-state index contributed by atoms with van der Waals surface area (Å²) < 4.78 is 7.60. The van der Waals surface area contributed by atoms with Crippen LogP contribution in [0.4, 0.5) is 0 Å². The van der Waals surface area contributed by atoms with Crippen molar-refractivity contribution in [3.05, 3.63) is 12.2 Å². The van der Waals surface area contributed by atoms with Gasteiger partial charge < -0.3 is 10.1 Å². The molecule has 0 aliphatic rings. The first-order valence-corrected chi connectivity index (χ1v) is 7.19. The van der Waals surface area contributed by atoms with Gasteiger partial charge in [-0.1, -0.05) is 27.2 Å². The van der Waals surface area contributed by atoms with Crippen molar-refractivity contribution in [1.29, 1.82) is 0 Å². The van der Waals surface area contributed by atoms with E-state index in [1.807, 2.05) is 11.7 Å². The molecule has 1 heterocycles. The molecule has 0 saturated carbocycles. The number of nitrogens with zero attached hydrogens (tertiary/aromatic N) is 3. The lowest BCUT2D eigenvalue weighted by Gasteiger charge is -2.25. The number of nitrogens with one attached hydrogen (secondary N) is 1. The molecule has 0 amide bonds. The van der Waals surface area contributed by atoms with Gasteiger partial charge in [-0.25, -0.2) is 9.67 Å². The van der Waals surface area contributed by atoms with E-state index in [4.69, 9.17) is 4.74 Å². The molecule has 0 spiro atoms. The molecule has 0 bridgehead atoms. The molecule has 0 aliphatic heterocycles. The highest BCUT2D eigenvalue weighted by Crippen LogP contribution is 2.12. The van der Waals surface area contributed by atoms with Gasteiger partial charge in [0.1, 0.15) is 12.2 Å². The van der Waals surface area contributed by atoms with Crippen molar-refractivity contribution < 1.29 is 4.74 Å². The van der Waals surface area contributed by atoms with Gasteiger partial charge in [0.05, 0.1) is 6.10 Å². The van der Waals surface area contributed by atoms with Crippen molar-refractivity contribution in [2.45, 2.75) is 58.7 Å². The van der Waals surface area contributed by atoms with Crippen LogP contribution in [-0.4, -0.2) is 41.1 Å². The molecule has 1 aromatic heterocycles. The van der Waals surface area contributed by atoms with Gasteiger partial charge in [-0.15, -0.1) is 0 Å². The molecule has 1 N–H and O–H groups in total. The van der Waals surface area contributed by atoms with Crippen LogP contribution in [0.25, 0.3) is 0 Å². The number of methoxy groups -OCH3 is 1. The molecule has 2 atom stereocenters. The second-order valence-electron chi connectivity index (χ2n) is 5.41. The van der Waals surface area contributed by atoms with E-state index in [2.05, 4.69) is 36.2 Å². The lowest BCUT2D eigenvalue weighted by molar-refractivity contribution is 0.0623. The summed E-state index contributed by atoms with van der Waals surface area (Å²) in [4.78, 5) is 4.39. The van der Waals surface area contributed by atoms with Crippen molar-refractivity contribution >= 4 is 0 Å². The van der Waals surface area contributed by atoms with Gasteiger partial charge in [-0.2, -0.15) is 5.10 Å². The van der Waals surface area contributed by atoms with Crippen molar-refractivity contribution in [2.75, 3.05) is 14.2 Å². The first-order chi connectivity index (χ1) is 9.12. The summed E-state index contributed by atoms with van der Waals surface area (Å²) in [5.74, 6) is 1.61. The van der Waals surface area contributed by atoms with Crippen LogP contribution in [0, 0.1) is 5.92 Å². The number of hydrogen-bond donors (Lipinski definition) is 1. The van der Waals surface area contributed by atoms with E-state index in [1.165, 1.54) is 0 Å². The average Bonchev–Trinajstić information content (AvgIpc) is 2.80. The molecule has 19 heavy (non-hydrogen) atoms. The normalized spacial score (nSPS) is 14.8. The van der Waals surface area contributed by atoms with Crippen LogP contribution in [0.5, 0.6) is 0 Å². The van der Waals surface area contributed by atoms with E-state index >= 15 is 0 Å². The van der Waals surface area contributed by atoms with Gasteiger partial charge in [0, 0.05) is 26.1 Å². The lowest BCUT2D eigenvalue weighted by Crippen LogP contribution is -2.41. The first kappa shape index (κ1) is 16.1. The Kier molecular flexibility index (Phi) is 7.02. The molecule has 1 aromatic rings. The number of hydrogen-bond acceptors (Lipinski definition) is 4. The van der Waals surface area contributed by atoms with Gasteiger partial charge in [0.2, 0.25) is 0 Å². The zero-order valence-corrected chi connectivity index (χ0v) is 12.9. The molecule has 0 radical (unpaired) electrons. The molecule has 1 rings (SSSR count). The van der Waals surface area contributed by atoms with Crippen molar-refractivity contribution in [3.8, 4) is 0 Å². The smallest absolute Gasteiger partial charge is 0.138 e.